The summed E-state index contributed by atoms with van der Waals surface area (Å²) in [5, 5.41) is 18.9. The maximum Gasteiger partial charge on any atom is 0.253 e. The molecule has 218 valence electrons. The maximum absolute atomic E-state index is 13.3. The Kier molecular flexibility index (Phi) is 9.70. The molecule has 1 saturated carbocycles. The van der Waals surface area contributed by atoms with Gasteiger partial charge in [0.25, 0.3) is 5.56 Å². The van der Waals surface area contributed by atoms with Gasteiger partial charge >= 0.3 is 0 Å². The highest BCUT2D eigenvalue weighted by Gasteiger charge is 2.51. The van der Waals surface area contributed by atoms with Crippen LogP contribution in [0.25, 0.3) is 10.9 Å². The number of fused-ring (bicyclic) bond motifs is 1. The fourth-order valence-electron chi connectivity index (χ4n) is 6.69. The largest absolute Gasteiger partial charge is 0.492 e. The molecule has 0 radical (unpaired) electrons. The number of benzene rings is 1. The van der Waals surface area contributed by atoms with Crippen LogP contribution in [0.15, 0.2) is 23.0 Å². The summed E-state index contributed by atoms with van der Waals surface area (Å²) in [5.41, 5.74) is 1.25. The summed E-state index contributed by atoms with van der Waals surface area (Å²) in [4.78, 5) is 16.4. The Balaban J connectivity index is 1.41. The molecule has 1 aromatic heterocycles. The molecule has 2 aromatic rings. The van der Waals surface area contributed by atoms with Crippen molar-refractivity contribution in [1.29, 1.82) is 5.26 Å². The average Bonchev–Trinajstić information content (AvgIpc) is 3.78. The van der Waals surface area contributed by atoms with Gasteiger partial charge in [0.2, 0.25) is 12.5 Å². The van der Waals surface area contributed by atoms with Crippen molar-refractivity contribution in [1.82, 2.24) is 15.6 Å². The Morgan fingerprint density at radius 3 is 2.40 bits per heavy atom. The minimum atomic E-state index is -0.237. The summed E-state index contributed by atoms with van der Waals surface area (Å²) in [5.74, 6) is 1.00. The number of nitrogens with one attached hydrogen (secondary N) is 3. The van der Waals surface area contributed by atoms with Crippen LogP contribution in [0.2, 0.25) is 5.02 Å². The van der Waals surface area contributed by atoms with Crippen LogP contribution < -0.4 is 20.9 Å². The molecule has 40 heavy (non-hydrogen) atoms. The predicted octanol–water partition coefficient (Wildman–Crippen LogP) is 5.57. The topological polar surface area (TPSA) is 99.2 Å². The van der Waals surface area contributed by atoms with Crippen LogP contribution in [0.3, 0.4) is 0 Å². The van der Waals surface area contributed by atoms with E-state index in [1.165, 1.54) is 51.4 Å². The van der Waals surface area contributed by atoms with E-state index in [1.54, 1.807) is 7.11 Å². The number of nitriles is 1. The van der Waals surface area contributed by atoms with E-state index in [1.807, 2.05) is 25.1 Å². The third kappa shape index (κ3) is 6.50. The normalized spacial score (nSPS) is 26.6. The van der Waals surface area contributed by atoms with E-state index in [2.05, 4.69) is 21.7 Å². The predicted molar refractivity (Wildman–Crippen MR) is 158 cm³/mol. The van der Waals surface area contributed by atoms with Crippen molar-refractivity contribution in [3.63, 3.8) is 0 Å². The second-order valence-corrected chi connectivity index (χ2v) is 12.5. The number of hydrogen-bond donors (Lipinski definition) is 3. The van der Waals surface area contributed by atoms with Crippen molar-refractivity contribution < 1.29 is 14.0 Å². The van der Waals surface area contributed by atoms with Crippen LogP contribution in [-0.4, -0.2) is 55.3 Å². The summed E-state index contributed by atoms with van der Waals surface area (Å²) in [6.07, 6.45) is 11.7. The van der Waals surface area contributed by atoms with Crippen LogP contribution in [0.5, 0.6) is 5.75 Å². The molecule has 5 rings (SSSR count). The number of methoxy groups -OCH3 is 1. The fraction of sp³-hybridized carbons (Fsp3) is 0.677. The minimum absolute atomic E-state index is 0.124. The lowest BCUT2D eigenvalue weighted by Crippen LogP contribution is -2.77. The number of quaternary nitrogens is 1. The van der Waals surface area contributed by atoms with Crippen molar-refractivity contribution in [2.24, 2.45) is 11.8 Å². The van der Waals surface area contributed by atoms with Crippen molar-refractivity contribution in [2.75, 3.05) is 33.4 Å². The molecule has 3 aliphatic rings. The molecule has 3 N–H and O–H groups in total. The summed E-state index contributed by atoms with van der Waals surface area (Å²) in [6.45, 7) is 5.11. The molecular weight excluding hydrogens is 526 g/mol. The third-order valence-electron chi connectivity index (χ3n) is 9.17. The molecule has 3 heterocycles. The van der Waals surface area contributed by atoms with Crippen LogP contribution in [-0.2, 0) is 4.74 Å². The molecule has 1 aromatic carbocycles. The second-order valence-electron chi connectivity index (χ2n) is 12.1. The van der Waals surface area contributed by atoms with Crippen LogP contribution >= 0.6 is 11.6 Å². The molecule has 3 fully saturated rings. The van der Waals surface area contributed by atoms with Crippen molar-refractivity contribution in [3.8, 4) is 11.8 Å². The highest BCUT2D eigenvalue weighted by atomic mass is 35.5. The Morgan fingerprint density at radius 1 is 1.10 bits per heavy atom. The van der Waals surface area contributed by atoms with Crippen LogP contribution in [0.4, 0.5) is 0 Å². The van der Waals surface area contributed by atoms with E-state index in [4.69, 9.17) is 21.1 Å². The molecule has 9 heteroatoms. The maximum atomic E-state index is 13.3. The van der Waals surface area contributed by atoms with E-state index in [0.29, 0.717) is 39.9 Å². The molecule has 0 bridgehead atoms. The Hall–Kier alpha value is -2.15. The first kappa shape index (κ1) is 29.3. The Morgan fingerprint density at radius 2 is 1.77 bits per heavy atom. The number of halogens is 1. The molecule has 2 aliphatic heterocycles. The molecule has 1 spiro atoms. The van der Waals surface area contributed by atoms with Gasteiger partial charge in [-0.2, -0.15) is 5.26 Å². The van der Waals surface area contributed by atoms with Gasteiger partial charge in [0.1, 0.15) is 11.7 Å². The van der Waals surface area contributed by atoms with E-state index in [9.17, 15) is 10.1 Å². The van der Waals surface area contributed by atoms with Gasteiger partial charge in [-0.15, -0.1) is 0 Å². The average molecular weight is 571 g/mol. The minimum Gasteiger partial charge on any atom is -0.492 e. The smallest absolute Gasteiger partial charge is 0.253 e. The lowest BCUT2D eigenvalue weighted by atomic mass is 9.99. The fourth-order valence-corrected chi connectivity index (χ4v) is 6.92. The molecule has 0 amide bonds. The van der Waals surface area contributed by atoms with Crippen molar-refractivity contribution in [2.45, 2.75) is 89.7 Å². The summed E-state index contributed by atoms with van der Waals surface area (Å²) < 4.78 is 12.7. The van der Waals surface area contributed by atoms with Crippen molar-refractivity contribution >= 4 is 22.5 Å². The second kappa shape index (κ2) is 13.2. The van der Waals surface area contributed by atoms with Crippen LogP contribution in [0.1, 0.15) is 82.7 Å². The van der Waals surface area contributed by atoms with E-state index < -0.39 is 0 Å². The molecular formula is C31H45ClN5O3+. The van der Waals surface area contributed by atoms with Gasteiger partial charge in [-0.3, -0.25) is 14.6 Å². The Labute approximate surface area is 242 Å². The Bertz CT molecular complexity index is 1240. The summed E-state index contributed by atoms with van der Waals surface area (Å²) in [6, 6.07) is 7.93. The number of rotatable bonds is 7. The molecule has 3 unspecified atom stereocenters. The van der Waals surface area contributed by atoms with Gasteiger partial charge in [0.15, 0.2) is 0 Å². The number of pyridine rings is 1. The van der Waals surface area contributed by atoms with Gasteiger partial charge in [-0.05, 0) is 63.5 Å². The summed E-state index contributed by atoms with van der Waals surface area (Å²) in [7, 11) is 1.74. The molecule has 8 nitrogen and oxygen atoms in total. The number of aromatic amines is 1. The molecule has 4 atom stereocenters. The zero-order valence-corrected chi connectivity index (χ0v) is 24.8. The number of ether oxygens (including phenoxy) is 2. The number of hydrogen-bond acceptors (Lipinski definition) is 6. The monoisotopic (exact) mass is 570 g/mol. The SMILES string of the molecule is COC1C(C#N)CNC(N[C@@H](C)c2cc3cc(Cl)c(OCC4CC4)cc3[nH]c2=O)[N+]12CCCCCCCCCC2. The quantitative estimate of drug-likeness (QED) is 0.376. The number of aromatic nitrogens is 1. The van der Waals surface area contributed by atoms with Crippen molar-refractivity contribution in [3.05, 3.63) is 39.1 Å². The van der Waals surface area contributed by atoms with Gasteiger partial charge in [-0.25, -0.2) is 5.32 Å². The zero-order chi connectivity index (χ0) is 28.1. The van der Waals surface area contributed by atoms with Gasteiger partial charge < -0.3 is 14.5 Å². The third-order valence-corrected chi connectivity index (χ3v) is 9.47. The van der Waals surface area contributed by atoms with Gasteiger partial charge in [0, 0.05) is 36.7 Å². The lowest BCUT2D eigenvalue weighted by molar-refractivity contribution is -1.01. The number of nitrogens with zero attached hydrogens (tertiary/aromatic N) is 2. The van der Waals surface area contributed by atoms with E-state index in [-0.39, 0.29) is 30.0 Å². The van der Waals surface area contributed by atoms with Crippen LogP contribution in [0, 0.1) is 23.2 Å². The highest BCUT2D eigenvalue weighted by molar-refractivity contribution is 6.32. The lowest BCUT2D eigenvalue weighted by Gasteiger charge is -2.54. The van der Waals surface area contributed by atoms with Gasteiger partial charge in [-0.1, -0.05) is 37.3 Å². The van der Waals surface area contributed by atoms with E-state index in [0.717, 1.165) is 36.8 Å². The van der Waals surface area contributed by atoms with E-state index >= 15 is 0 Å². The zero-order valence-electron chi connectivity index (χ0n) is 24.0. The van der Waals surface area contributed by atoms with Gasteiger partial charge in [0.05, 0.1) is 36.3 Å². The first-order valence-electron chi connectivity index (χ1n) is 15.2. The summed E-state index contributed by atoms with van der Waals surface area (Å²) >= 11 is 6.57. The number of H-pyrrole nitrogens is 1. The molecule has 2 saturated heterocycles. The standard InChI is InChI=1S/C31H44ClN5O3/c1-21(25-15-23-16-26(32)28(40-20-22-11-12-22)17-27(23)36-29(25)38)35-31-34-19-24(18-33)30(39-2)37(31)13-9-7-5-3-4-6-8-10-14-37/h15-17,21-22,24,30-31,34-35H,3-14,19-20H2,1-2H3/p+1/t21-,24?,30?,31?/m0/s1. The first-order chi connectivity index (χ1) is 19.4. The first-order valence-corrected chi connectivity index (χ1v) is 15.6. The molecule has 1 aliphatic carbocycles. The highest BCUT2D eigenvalue weighted by Crippen LogP contribution is 2.35.